The molecule has 0 atom stereocenters. The maximum absolute atomic E-state index is 13.0. The lowest BCUT2D eigenvalue weighted by Crippen LogP contribution is -2.44. The van der Waals surface area contributed by atoms with Crippen molar-refractivity contribution in [3.63, 3.8) is 0 Å². The number of alkyl halides is 3. The van der Waals surface area contributed by atoms with E-state index in [1.807, 2.05) is 0 Å². The molecule has 0 aliphatic carbocycles. The molecule has 0 saturated heterocycles. The van der Waals surface area contributed by atoms with E-state index < -0.39 is 52.4 Å². The highest BCUT2D eigenvalue weighted by molar-refractivity contribution is 7.89. The first-order chi connectivity index (χ1) is 13.9. The zero-order valence-corrected chi connectivity index (χ0v) is 16.6. The molecule has 162 valence electrons. The van der Waals surface area contributed by atoms with E-state index in [0.29, 0.717) is 9.21 Å². The Morgan fingerprint density at radius 2 is 1.63 bits per heavy atom. The highest BCUT2D eigenvalue weighted by atomic mass is 32.2. The van der Waals surface area contributed by atoms with Gasteiger partial charge in [0.15, 0.2) is 0 Å². The lowest BCUT2D eigenvalue weighted by Gasteiger charge is -2.26. The fraction of sp³-hybridized carbons (Fsp3) is 0.278. The van der Waals surface area contributed by atoms with Gasteiger partial charge in [-0.2, -0.15) is 17.5 Å². The SMILES string of the molecule is CN(CC(=O)N(Cc1ccccc1[N+](=O)[O-])CC(F)(F)F)S(=O)(=O)c1ccccc1. The number of carbonyl (C=O) groups is 1. The van der Waals surface area contributed by atoms with Gasteiger partial charge in [0, 0.05) is 18.7 Å². The lowest BCUT2D eigenvalue weighted by atomic mass is 10.1. The largest absolute Gasteiger partial charge is 0.406 e. The van der Waals surface area contributed by atoms with Crippen LogP contribution in [0.1, 0.15) is 5.56 Å². The molecule has 0 radical (unpaired) electrons. The van der Waals surface area contributed by atoms with Crippen LogP contribution in [-0.2, 0) is 21.4 Å². The van der Waals surface area contributed by atoms with Crippen LogP contribution in [0.2, 0.25) is 0 Å². The number of amides is 1. The van der Waals surface area contributed by atoms with Gasteiger partial charge in [-0.15, -0.1) is 0 Å². The number of para-hydroxylation sites is 1. The fourth-order valence-electron chi connectivity index (χ4n) is 2.62. The summed E-state index contributed by atoms with van der Waals surface area (Å²) in [5.74, 6) is -1.15. The van der Waals surface area contributed by atoms with Crippen LogP contribution in [0.5, 0.6) is 0 Å². The molecule has 2 aromatic carbocycles. The number of benzene rings is 2. The standard InChI is InChI=1S/C18H18F3N3O5S/c1-22(30(28,29)15-8-3-2-4-9-15)12-17(25)23(13-18(19,20)21)11-14-7-5-6-10-16(14)24(26)27/h2-10H,11-13H2,1H3. The number of sulfonamides is 1. The molecule has 2 rings (SSSR count). The van der Waals surface area contributed by atoms with Crippen molar-refractivity contribution in [1.29, 1.82) is 0 Å². The first-order valence-electron chi connectivity index (χ1n) is 8.50. The number of nitro groups is 1. The Kier molecular flexibility index (Phi) is 7.16. The van der Waals surface area contributed by atoms with Crippen molar-refractivity contribution in [2.45, 2.75) is 17.6 Å². The molecular formula is C18H18F3N3O5S. The van der Waals surface area contributed by atoms with Gasteiger partial charge in [-0.25, -0.2) is 8.42 Å². The summed E-state index contributed by atoms with van der Waals surface area (Å²) >= 11 is 0. The second-order valence-corrected chi connectivity index (χ2v) is 8.37. The number of hydrogen-bond donors (Lipinski definition) is 0. The summed E-state index contributed by atoms with van der Waals surface area (Å²) in [4.78, 5) is 23.1. The Morgan fingerprint density at radius 3 is 2.20 bits per heavy atom. The second-order valence-electron chi connectivity index (χ2n) is 6.32. The van der Waals surface area contributed by atoms with E-state index in [1.165, 1.54) is 42.5 Å². The quantitative estimate of drug-likeness (QED) is 0.459. The minimum atomic E-state index is -4.78. The molecule has 30 heavy (non-hydrogen) atoms. The van der Waals surface area contributed by atoms with Crippen LogP contribution in [0.25, 0.3) is 0 Å². The van der Waals surface area contributed by atoms with Crippen LogP contribution in [0.3, 0.4) is 0 Å². The number of hydrogen-bond acceptors (Lipinski definition) is 5. The number of halogens is 3. The van der Waals surface area contributed by atoms with Gasteiger partial charge < -0.3 is 4.90 Å². The molecule has 0 aliphatic heterocycles. The Hall–Kier alpha value is -2.99. The molecule has 0 bridgehead atoms. The minimum absolute atomic E-state index is 0.103. The van der Waals surface area contributed by atoms with Crippen molar-refractivity contribution in [2.24, 2.45) is 0 Å². The Bertz CT molecular complexity index is 1010. The van der Waals surface area contributed by atoms with Gasteiger partial charge in [0.2, 0.25) is 15.9 Å². The van der Waals surface area contributed by atoms with Crippen molar-refractivity contribution in [2.75, 3.05) is 20.1 Å². The maximum Gasteiger partial charge on any atom is 0.406 e. The summed E-state index contributed by atoms with van der Waals surface area (Å²) in [6.07, 6.45) is -4.78. The van der Waals surface area contributed by atoms with Crippen LogP contribution in [-0.4, -0.2) is 54.8 Å². The van der Waals surface area contributed by atoms with Gasteiger partial charge in [0.25, 0.3) is 5.69 Å². The Morgan fingerprint density at radius 1 is 1.07 bits per heavy atom. The second kappa shape index (κ2) is 9.22. The van der Waals surface area contributed by atoms with Gasteiger partial charge >= 0.3 is 6.18 Å². The Balaban J connectivity index is 2.27. The first-order valence-corrected chi connectivity index (χ1v) is 9.94. The van der Waals surface area contributed by atoms with Crippen LogP contribution in [0.15, 0.2) is 59.5 Å². The number of nitro benzene ring substituents is 1. The Labute approximate surface area is 170 Å². The summed E-state index contributed by atoms with van der Waals surface area (Å²) < 4.78 is 64.7. The topological polar surface area (TPSA) is 101 Å². The molecule has 0 aromatic heterocycles. The third kappa shape index (κ3) is 6.00. The van der Waals surface area contributed by atoms with Gasteiger partial charge in [-0.1, -0.05) is 36.4 Å². The average Bonchev–Trinajstić information content (AvgIpc) is 2.67. The molecule has 0 saturated carbocycles. The smallest absolute Gasteiger partial charge is 0.328 e. The van der Waals surface area contributed by atoms with Crippen LogP contribution < -0.4 is 0 Å². The van der Waals surface area contributed by atoms with Gasteiger partial charge in [-0.05, 0) is 12.1 Å². The fourth-order valence-corrected chi connectivity index (χ4v) is 3.77. The summed E-state index contributed by atoms with van der Waals surface area (Å²) in [7, 11) is -3.04. The molecule has 8 nitrogen and oxygen atoms in total. The predicted octanol–water partition coefficient (Wildman–Crippen LogP) is 2.81. The summed E-state index contributed by atoms with van der Waals surface area (Å²) in [5, 5.41) is 11.1. The average molecular weight is 445 g/mol. The predicted molar refractivity (Wildman–Crippen MR) is 101 cm³/mol. The molecule has 0 unspecified atom stereocenters. The number of likely N-dealkylation sites (N-methyl/N-ethyl adjacent to an activating group) is 1. The molecule has 0 heterocycles. The minimum Gasteiger partial charge on any atom is -0.328 e. The zero-order valence-electron chi connectivity index (χ0n) is 15.7. The molecule has 2 aromatic rings. The zero-order chi connectivity index (χ0) is 22.5. The van der Waals surface area contributed by atoms with E-state index in [9.17, 15) is 36.5 Å². The van der Waals surface area contributed by atoms with Crippen LogP contribution in [0, 0.1) is 10.1 Å². The monoisotopic (exact) mass is 445 g/mol. The van der Waals surface area contributed by atoms with Crippen molar-refractivity contribution < 1.29 is 31.3 Å². The highest BCUT2D eigenvalue weighted by Crippen LogP contribution is 2.23. The number of rotatable bonds is 8. The third-order valence-electron chi connectivity index (χ3n) is 4.08. The highest BCUT2D eigenvalue weighted by Gasteiger charge is 2.35. The summed E-state index contributed by atoms with van der Waals surface area (Å²) in [5.41, 5.74) is -0.545. The van der Waals surface area contributed by atoms with Crippen LogP contribution in [0.4, 0.5) is 18.9 Å². The molecule has 0 spiro atoms. The maximum atomic E-state index is 13.0. The van der Waals surface area contributed by atoms with E-state index in [1.54, 1.807) is 6.07 Å². The third-order valence-corrected chi connectivity index (χ3v) is 5.90. The lowest BCUT2D eigenvalue weighted by molar-refractivity contribution is -0.385. The van der Waals surface area contributed by atoms with E-state index >= 15 is 0 Å². The van der Waals surface area contributed by atoms with Crippen molar-refractivity contribution >= 4 is 21.6 Å². The van der Waals surface area contributed by atoms with Crippen molar-refractivity contribution in [3.05, 3.63) is 70.3 Å². The van der Waals surface area contributed by atoms with Gasteiger partial charge in [-0.3, -0.25) is 14.9 Å². The van der Waals surface area contributed by atoms with E-state index in [-0.39, 0.29) is 10.5 Å². The van der Waals surface area contributed by atoms with Gasteiger partial charge in [0.05, 0.1) is 22.9 Å². The van der Waals surface area contributed by atoms with E-state index in [0.717, 1.165) is 13.1 Å². The molecule has 1 amide bonds. The van der Waals surface area contributed by atoms with E-state index in [2.05, 4.69) is 0 Å². The summed E-state index contributed by atoms with van der Waals surface area (Å²) in [6, 6.07) is 12.2. The van der Waals surface area contributed by atoms with Crippen molar-refractivity contribution in [3.8, 4) is 0 Å². The van der Waals surface area contributed by atoms with Gasteiger partial charge in [0.1, 0.15) is 6.54 Å². The summed E-state index contributed by atoms with van der Waals surface area (Å²) in [6.45, 7) is -3.25. The normalized spacial score (nSPS) is 12.0. The number of carbonyl (C=O) groups excluding carboxylic acids is 1. The van der Waals surface area contributed by atoms with Crippen LogP contribution >= 0.6 is 0 Å². The van der Waals surface area contributed by atoms with Crippen molar-refractivity contribution in [1.82, 2.24) is 9.21 Å². The molecule has 0 fully saturated rings. The molecule has 0 aliphatic rings. The number of nitrogens with zero attached hydrogens (tertiary/aromatic N) is 3. The first kappa shape index (κ1) is 23.3. The molecule has 0 N–H and O–H groups in total. The van der Waals surface area contributed by atoms with E-state index in [4.69, 9.17) is 0 Å². The molecule has 12 heteroatoms. The molecular weight excluding hydrogens is 427 g/mol.